The van der Waals surface area contributed by atoms with Gasteiger partial charge in [-0.25, -0.2) is 4.39 Å². The van der Waals surface area contributed by atoms with Gasteiger partial charge in [0, 0.05) is 26.9 Å². The summed E-state index contributed by atoms with van der Waals surface area (Å²) in [6.07, 6.45) is -0.775. The van der Waals surface area contributed by atoms with Gasteiger partial charge in [-0.05, 0) is 30.3 Å². The number of ether oxygens (including phenoxy) is 1. The molecule has 4 nitrogen and oxygen atoms in total. The van der Waals surface area contributed by atoms with Gasteiger partial charge in [-0.15, -0.1) is 0 Å². The molecule has 3 atom stereocenters. The van der Waals surface area contributed by atoms with E-state index in [0.29, 0.717) is 32.6 Å². The van der Waals surface area contributed by atoms with Crippen LogP contribution in [0.2, 0.25) is 10.0 Å². The zero-order valence-corrected chi connectivity index (χ0v) is 16.0. The monoisotopic (exact) mass is 375 g/mol. The number of carbonyl (C=O) groups excluding carboxylic acids is 1. The second-order valence-electron chi connectivity index (χ2n) is 5.53. The number of rotatable bonds is 1. The van der Waals surface area contributed by atoms with E-state index >= 15 is 0 Å². The molecular formula is C16H9Cl2FNNaO3. The third-order valence-electron chi connectivity index (χ3n) is 4.20. The second-order valence-corrected chi connectivity index (χ2v) is 6.38. The number of aliphatic carboxylic acids is 1. The van der Waals surface area contributed by atoms with E-state index < -0.39 is 29.9 Å². The molecule has 0 saturated heterocycles. The van der Waals surface area contributed by atoms with Crippen molar-refractivity contribution in [3.8, 4) is 5.75 Å². The van der Waals surface area contributed by atoms with Crippen LogP contribution < -0.4 is 44.7 Å². The van der Waals surface area contributed by atoms with E-state index in [9.17, 15) is 14.3 Å². The zero-order chi connectivity index (χ0) is 16.3. The number of halogens is 3. The van der Waals surface area contributed by atoms with Gasteiger partial charge < -0.3 is 20.0 Å². The Balaban J connectivity index is 0.00000169. The van der Waals surface area contributed by atoms with Gasteiger partial charge in [-0.2, -0.15) is 0 Å². The summed E-state index contributed by atoms with van der Waals surface area (Å²) in [7, 11) is 0. The van der Waals surface area contributed by atoms with Crippen molar-refractivity contribution in [2.75, 3.05) is 5.32 Å². The van der Waals surface area contributed by atoms with E-state index in [1.165, 1.54) is 18.2 Å². The van der Waals surface area contributed by atoms with Crippen LogP contribution in [0.25, 0.3) is 0 Å². The summed E-state index contributed by atoms with van der Waals surface area (Å²) in [6.45, 7) is 0. The minimum Gasteiger partial charge on any atom is -0.548 e. The molecule has 2 aromatic rings. The molecule has 4 rings (SSSR count). The van der Waals surface area contributed by atoms with Crippen molar-refractivity contribution in [2.24, 2.45) is 0 Å². The Bertz CT molecular complexity index is 848. The van der Waals surface area contributed by atoms with E-state index in [4.69, 9.17) is 27.9 Å². The maximum Gasteiger partial charge on any atom is 1.00 e. The molecule has 24 heavy (non-hydrogen) atoms. The molecule has 2 aliphatic rings. The Kier molecular flexibility index (Phi) is 4.75. The van der Waals surface area contributed by atoms with Gasteiger partial charge >= 0.3 is 29.6 Å². The van der Waals surface area contributed by atoms with Crippen LogP contribution >= 0.6 is 23.2 Å². The second kappa shape index (κ2) is 6.39. The number of carbonyl (C=O) groups is 1. The number of carboxylic acids is 1. The maximum atomic E-state index is 13.7. The minimum atomic E-state index is -1.31. The largest absolute Gasteiger partial charge is 1.00 e. The predicted octanol–water partition coefficient (Wildman–Crippen LogP) is -0.427. The van der Waals surface area contributed by atoms with Crippen molar-refractivity contribution in [3.05, 3.63) is 57.3 Å². The molecule has 1 N–H and O–H groups in total. The third-order valence-corrected chi connectivity index (χ3v) is 4.73. The molecule has 0 fully saturated rings. The fraction of sp³-hybridized carbons (Fsp3) is 0.188. The molecule has 2 heterocycles. The molecule has 0 radical (unpaired) electrons. The Morgan fingerprint density at radius 1 is 1.25 bits per heavy atom. The molecule has 0 saturated carbocycles. The summed E-state index contributed by atoms with van der Waals surface area (Å²) < 4.78 is 19.4. The van der Waals surface area contributed by atoms with Crippen LogP contribution in [0, 0.1) is 5.82 Å². The SMILES string of the molecule is O=C([O-])C1Nc2cc(Cl)cc(Cl)c2C2c3cc(F)ccc3OC12.[Na+]. The van der Waals surface area contributed by atoms with Crippen molar-refractivity contribution in [3.63, 3.8) is 0 Å². The van der Waals surface area contributed by atoms with Crippen molar-refractivity contribution >= 4 is 34.9 Å². The minimum absolute atomic E-state index is 0. The Morgan fingerprint density at radius 3 is 2.71 bits per heavy atom. The van der Waals surface area contributed by atoms with Gasteiger partial charge in [0.1, 0.15) is 23.7 Å². The maximum absolute atomic E-state index is 13.7. The topological polar surface area (TPSA) is 61.4 Å². The van der Waals surface area contributed by atoms with Gasteiger partial charge in [0.05, 0.1) is 11.9 Å². The first kappa shape index (κ1) is 17.8. The number of carboxylic acid groups (broad SMARTS) is 1. The molecule has 3 unspecified atom stereocenters. The third kappa shape index (κ3) is 2.68. The standard InChI is InChI=1S/C16H10Cl2FNO3.Na/c17-6-3-9(18)13-10(4-6)20-14(16(21)22)15-12(13)8-5-7(19)1-2-11(8)23-15;/h1-5,12,14-15,20H,(H,21,22);/q;+1/p-1. The van der Waals surface area contributed by atoms with Crippen molar-refractivity contribution in [1.82, 2.24) is 0 Å². The Labute approximate surface area is 169 Å². The number of benzene rings is 2. The average Bonchev–Trinajstić information content (AvgIpc) is 2.84. The average molecular weight is 376 g/mol. The number of hydrogen-bond donors (Lipinski definition) is 1. The molecule has 8 heteroatoms. The molecule has 0 amide bonds. The normalized spacial score (nSPS) is 23.0. The summed E-state index contributed by atoms with van der Waals surface area (Å²) in [5, 5.41) is 15.1. The summed E-state index contributed by atoms with van der Waals surface area (Å²) >= 11 is 12.3. The molecule has 0 aromatic heterocycles. The van der Waals surface area contributed by atoms with Crippen LogP contribution in [-0.4, -0.2) is 18.1 Å². The van der Waals surface area contributed by atoms with Crippen LogP contribution in [-0.2, 0) is 4.79 Å². The number of nitrogens with one attached hydrogen (secondary N) is 1. The first-order valence-electron chi connectivity index (χ1n) is 6.88. The fourth-order valence-electron chi connectivity index (χ4n) is 3.30. The molecule has 118 valence electrons. The van der Waals surface area contributed by atoms with E-state index in [2.05, 4.69) is 5.32 Å². The van der Waals surface area contributed by atoms with E-state index in [1.807, 2.05) is 0 Å². The summed E-state index contributed by atoms with van der Waals surface area (Å²) in [5.74, 6) is -1.81. The van der Waals surface area contributed by atoms with Gasteiger partial charge in [0.25, 0.3) is 0 Å². The van der Waals surface area contributed by atoms with Crippen LogP contribution in [0.15, 0.2) is 30.3 Å². The molecule has 2 aromatic carbocycles. The van der Waals surface area contributed by atoms with Gasteiger partial charge in [-0.3, -0.25) is 0 Å². The first-order valence-corrected chi connectivity index (χ1v) is 7.64. The first-order chi connectivity index (χ1) is 11.0. The number of anilines is 1. The summed E-state index contributed by atoms with van der Waals surface area (Å²) in [6, 6.07) is 6.15. The smallest absolute Gasteiger partial charge is 0.548 e. The molecule has 0 spiro atoms. The van der Waals surface area contributed by atoms with Crippen LogP contribution in [0.5, 0.6) is 5.75 Å². The van der Waals surface area contributed by atoms with Crippen LogP contribution in [0.4, 0.5) is 10.1 Å². The Morgan fingerprint density at radius 2 is 2.00 bits per heavy atom. The molecule has 0 bridgehead atoms. The van der Waals surface area contributed by atoms with E-state index in [-0.39, 0.29) is 29.6 Å². The van der Waals surface area contributed by atoms with Gasteiger partial charge in [0.15, 0.2) is 0 Å². The van der Waals surface area contributed by atoms with E-state index in [1.54, 1.807) is 12.1 Å². The van der Waals surface area contributed by atoms with Crippen LogP contribution in [0.1, 0.15) is 17.0 Å². The van der Waals surface area contributed by atoms with Gasteiger partial charge in [0.2, 0.25) is 0 Å². The quantitative estimate of drug-likeness (QED) is 0.687. The van der Waals surface area contributed by atoms with Crippen molar-refractivity contribution in [2.45, 2.75) is 18.1 Å². The number of hydrogen-bond acceptors (Lipinski definition) is 4. The molecular weight excluding hydrogens is 367 g/mol. The van der Waals surface area contributed by atoms with Crippen LogP contribution in [0.3, 0.4) is 0 Å². The van der Waals surface area contributed by atoms with Gasteiger partial charge in [-0.1, -0.05) is 23.2 Å². The fourth-order valence-corrected chi connectivity index (χ4v) is 3.92. The molecule has 0 aliphatic carbocycles. The summed E-state index contributed by atoms with van der Waals surface area (Å²) in [4.78, 5) is 11.5. The predicted molar refractivity (Wildman–Crippen MR) is 81.5 cm³/mol. The zero-order valence-electron chi connectivity index (χ0n) is 12.5. The van der Waals surface area contributed by atoms with Crippen molar-refractivity contribution < 1.29 is 48.6 Å². The Hall–Kier alpha value is -0.980. The van der Waals surface area contributed by atoms with E-state index in [0.717, 1.165) is 0 Å². The molecule has 2 aliphatic heterocycles. The van der Waals surface area contributed by atoms with Crippen molar-refractivity contribution in [1.29, 1.82) is 0 Å². The summed E-state index contributed by atoms with van der Waals surface area (Å²) in [5.41, 5.74) is 1.69. The number of fused-ring (bicyclic) bond motifs is 5.